The molecule has 1 N–H and O–H groups in total. The third-order valence-electron chi connectivity index (χ3n) is 3.33. The molecule has 1 saturated heterocycles. The number of carboxylic acids is 1. The van der Waals surface area contributed by atoms with Gasteiger partial charge in [-0.2, -0.15) is 0 Å². The molecule has 1 aliphatic heterocycles. The lowest BCUT2D eigenvalue weighted by Gasteiger charge is -2.27. The van der Waals surface area contributed by atoms with Gasteiger partial charge in [-0.1, -0.05) is 0 Å². The van der Waals surface area contributed by atoms with Gasteiger partial charge in [-0.15, -0.1) is 0 Å². The summed E-state index contributed by atoms with van der Waals surface area (Å²) in [6.45, 7) is 4.14. The van der Waals surface area contributed by atoms with E-state index in [4.69, 9.17) is 9.84 Å². The highest BCUT2D eigenvalue weighted by Crippen LogP contribution is 2.17. The Bertz CT molecular complexity index is 458. The first-order chi connectivity index (χ1) is 9.08. The highest BCUT2D eigenvalue weighted by Gasteiger charge is 2.18. The minimum absolute atomic E-state index is 0.151. The van der Waals surface area contributed by atoms with E-state index in [-0.39, 0.29) is 5.56 Å². The molecule has 0 radical (unpaired) electrons. The number of hydrogen-bond donors (Lipinski definition) is 1. The summed E-state index contributed by atoms with van der Waals surface area (Å²) in [7, 11) is 1.92. The molecule has 19 heavy (non-hydrogen) atoms. The SMILES string of the molecule is Cc1nc(N(C)CC2CCCOC2)ncc1C(=O)O. The van der Waals surface area contributed by atoms with Gasteiger partial charge in [-0.05, 0) is 25.7 Å². The van der Waals surface area contributed by atoms with Crippen LogP contribution in [0, 0.1) is 12.8 Å². The van der Waals surface area contributed by atoms with Gasteiger partial charge in [0.05, 0.1) is 17.9 Å². The zero-order chi connectivity index (χ0) is 13.8. The van der Waals surface area contributed by atoms with Gasteiger partial charge in [-0.25, -0.2) is 14.8 Å². The number of aromatic carboxylic acids is 1. The first kappa shape index (κ1) is 13.7. The fraction of sp³-hybridized carbons (Fsp3) is 0.615. The maximum atomic E-state index is 10.9. The van der Waals surface area contributed by atoms with Crippen molar-refractivity contribution in [1.82, 2.24) is 9.97 Å². The molecule has 0 amide bonds. The number of ether oxygens (including phenoxy) is 1. The Morgan fingerprint density at radius 3 is 3.00 bits per heavy atom. The van der Waals surface area contributed by atoms with Crippen molar-refractivity contribution in [2.75, 3.05) is 31.7 Å². The summed E-state index contributed by atoms with van der Waals surface area (Å²) in [4.78, 5) is 21.2. The van der Waals surface area contributed by atoms with Crippen LogP contribution in [0.15, 0.2) is 6.20 Å². The molecule has 0 aromatic carbocycles. The van der Waals surface area contributed by atoms with Crippen molar-refractivity contribution in [2.45, 2.75) is 19.8 Å². The highest BCUT2D eigenvalue weighted by atomic mass is 16.5. The van der Waals surface area contributed by atoms with Crippen LogP contribution < -0.4 is 4.90 Å². The topological polar surface area (TPSA) is 75.5 Å². The Balaban J connectivity index is 2.04. The Kier molecular flexibility index (Phi) is 4.31. The molecular formula is C13H19N3O3. The van der Waals surface area contributed by atoms with Crippen LogP contribution in [0.4, 0.5) is 5.95 Å². The summed E-state index contributed by atoms with van der Waals surface area (Å²) >= 11 is 0. The van der Waals surface area contributed by atoms with Crippen LogP contribution in [0.5, 0.6) is 0 Å². The number of aryl methyl sites for hydroxylation is 1. The second kappa shape index (κ2) is 5.97. The fourth-order valence-electron chi connectivity index (χ4n) is 2.27. The number of nitrogens with zero attached hydrogens (tertiary/aromatic N) is 3. The zero-order valence-electron chi connectivity index (χ0n) is 11.3. The largest absolute Gasteiger partial charge is 0.478 e. The van der Waals surface area contributed by atoms with Crippen LogP contribution >= 0.6 is 0 Å². The maximum absolute atomic E-state index is 10.9. The average molecular weight is 265 g/mol. The second-order valence-corrected chi connectivity index (χ2v) is 4.94. The molecule has 0 bridgehead atoms. The summed E-state index contributed by atoms with van der Waals surface area (Å²) in [6.07, 6.45) is 3.61. The van der Waals surface area contributed by atoms with Gasteiger partial charge in [0.2, 0.25) is 5.95 Å². The lowest BCUT2D eigenvalue weighted by atomic mass is 10.0. The minimum Gasteiger partial charge on any atom is -0.478 e. The first-order valence-corrected chi connectivity index (χ1v) is 6.43. The Labute approximate surface area is 112 Å². The van der Waals surface area contributed by atoms with E-state index in [0.29, 0.717) is 17.6 Å². The highest BCUT2D eigenvalue weighted by molar-refractivity contribution is 5.88. The number of carbonyl (C=O) groups is 1. The summed E-state index contributed by atoms with van der Waals surface area (Å²) in [5.74, 6) is 0.0577. The third kappa shape index (κ3) is 3.41. The van der Waals surface area contributed by atoms with E-state index in [2.05, 4.69) is 9.97 Å². The van der Waals surface area contributed by atoms with E-state index in [1.807, 2.05) is 11.9 Å². The number of carboxylic acid groups (broad SMARTS) is 1. The van der Waals surface area contributed by atoms with Crippen LogP contribution in [-0.2, 0) is 4.74 Å². The number of hydrogen-bond acceptors (Lipinski definition) is 5. The minimum atomic E-state index is -0.993. The molecule has 1 aromatic heterocycles. The van der Waals surface area contributed by atoms with E-state index in [0.717, 1.165) is 32.6 Å². The van der Waals surface area contributed by atoms with Crippen molar-refractivity contribution in [3.8, 4) is 0 Å². The van der Waals surface area contributed by atoms with Crippen LogP contribution in [-0.4, -0.2) is 47.8 Å². The van der Waals surface area contributed by atoms with Crippen LogP contribution in [0.2, 0.25) is 0 Å². The molecule has 2 heterocycles. The molecule has 104 valence electrons. The molecule has 1 aliphatic rings. The van der Waals surface area contributed by atoms with Crippen molar-refractivity contribution in [2.24, 2.45) is 5.92 Å². The standard InChI is InChI=1S/C13H19N3O3/c1-9-11(12(17)18)6-14-13(15-9)16(2)7-10-4-3-5-19-8-10/h6,10H,3-5,7-8H2,1-2H3,(H,17,18). The van der Waals surface area contributed by atoms with Crippen LogP contribution in [0.25, 0.3) is 0 Å². The summed E-state index contributed by atoms with van der Waals surface area (Å²) < 4.78 is 5.45. The predicted octanol–water partition coefficient (Wildman–Crippen LogP) is 1.35. The van der Waals surface area contributed by atoms with Gasteiger partial charge < -0.3 is 14.7 Å². The maximum Gasteiger partial charge on any atom is 0.339 e. The first-order valence-electron chi connectivity index (χ1n) is 6.43. The predicted molar refractivity (Wildman–Crippen MR) is 70.5 cm³/mol. The van der Waals surface area contributed by atoms with Gasteiger partial charge in [0.1, 0.15) is 0 Å². The van der Waals surface area contributed by atoms with E-state index < -0.39 is 5.97 Å². The van der Waals surface area contributed by atoms with E-state index in [1.165, 1.54) is 6.20 Å². The van der Waals surface area contributed by atoms with E-state index >= 15 is 0 Å². The molecule has 0 aliphatic carbocycles. The molecular weight excluding hydrogens is 246 g/mol. The van der Waals surface area contributed by atoms with Gasteiger partial charge in [0.25, 0.3) is 0 Å². The quantitative estimate of drug-likeness (QED) is 0.885. The normalized spacial score (nSPS) is 19.2. The number of rotatable bonds is 4. The second-order valence-electron chi connectivity index (χ2n) is 4.94. The van der Waals surface area contributed by atoms with E-state index in [9.17, 15) is 4.79 Å². The summed E-state index contributed by atoms with van der Waals surface area (Å²) in [6, 6.07) is 0. The average Bonchev–Trinajstić information content (AvgIpc) is 2.39. The molecule has 6 nitrogen and oxygen atoms in total. The Hall–Kier alpha value is -1.69. The van der Waals surface area contributed by atoms with Gasteiger partial charge in [-0.3, -0.25) is 0 Å². The van der Waals surface area contributed by atoms with Gasteiger partial charge in [0, 0.05) is 26.4 Å². The molecule has 0 saturated carbocycles. The molecule has 2 rings (SSSR count). The van der Waals surface area contributed by atoms with Gasteiger partial charge >= 0.3 is 5.97 Å². The molecule has 1 fully saturated rings. The number of aromatic nitrogens is 2. The van der Waals surface area contributed by atoms with Crippen molar-refractivity contribution < 1.29 is 14.6 Å². The summed E-state index contributed by atoms with van der Waals surface area (Å²) in [5, 5.41) is 8.95. The van der Waals surface area contributed by atoms with Crippen molar-refractivity contribution in [1.29, 1.82) is 0 Å². The van der Waals surface area contributed by atoms with Crippen LogP contribution in [0.3, 0.4) is 0 Å². The monoisotopic (exact) mass is 265 g/mol. The summed E-state index contributed by atoms with van der Waals surface area (Å²) in [5.41, 5.74) is 0.641. The van der Waals surface area contributed by atoms with Crippen molar-refractivity contribution in [3.05, 3.63) is 17.5 Å². The molecule has 6 heteroatoms. The van der Waals surface area contributed by atoms with Crippen molar-refractivity contribution >= 4 is 11.9 Å². The molecule has 1 atom stereocenters. The molecule has 1 aromatic rings. The number of anilines is 1. The molecule has 0 spiro atoms. The van der Waals surface area contributed by atoms with Crippen molar-refractivity contribution in [3.63, 3.8) is 0 Å². The van der Waals surface area contributed by atoms with Gasteiger partial charge in [0.15, 0.2) is 0 Å². The third-order valence-corrected chi connectivity index (χ3v) is 3.33. The Morgan fingerprint density at radius 1 is 1.63 bits per heavy atom. The lowest BCUT2D eigenvalue weighted by molar-refractivity contribution is 0.0575. The smallest absolute Gasteiger partial charge is 0.339 e. The van der Waals surface area contributed by atoms with E-state index in [1.54, 1.807) is 6.92 Å². The van der Waals surface area contributed by atoms with Crippen LogP contribution in [0.1, 0.15) is 28.9 Å². The lowest BCUT2D eigenvalue weighted by Crippen LogP contribution is -2.32. The Morgan fingerprint density at radius 2 is 2.42 bits per heavy atom. The fourth-order valence-corrected chi connectivity index (χ4v) is 2.27. The molecule has 1 unspecified atom stereocenters. The zero-order valence-corrected chi connectivity index (χ0v) is 11.3.